The highest BCUT2D eigenvalue weighted by Crippen LogP contribution is 2.21. The van der Waals surface area contributed by atoms with Crippen LogP contribution >= 0.6 is 0 Å². The molecule has 1 amide bonds. The van der Waals surface area contributed by atoms with Gasteiger partial charge in [0, 0.05) is 30.7 Å². The number of carbonyl (C=O) groups excluding carboxylic acids is 1. The van der Waals surface area contributed by atoms with E-state index in [4.69, 9.17) is 4.74 Å². The molecule has 1 aromatic heterocycles. The molecule has 0 unspecified atom stereocenters. The SMILES string of the molecule is O=C(NCCn1ncc2ccccc2c1=O)c1ccccc1N1CCOCC1. The molecule has 7 heteroatoms. The molecule has 0 atom stereocenters. The van der Waals surface area contributed by atoms with Crippen molar-refractivity contribution in [2.24, 2.45) is 0 Å². The van der Waals surface area contributed by atoms with E-state index in [1.165, 1.54) is 4.68 Å². The van der Waals surface area contributed by atoms with Crippen molar-refractivity contribution in [3.8, 4) is 0 Å². The summed E-state index contributed by atoms with van der Waals surface area (Å²) in [5.74, 6) is -0.157. The molecule has 0 aliphatic carbocycles. The molecule has 0 spiro atoms. The molecule has 2 aromatic carbocycles. The van der Waals surface area contributed by atoms with E-state index in [-0.39, 0.29) is 11.5 Å². The van der Waals surface area contributed by atoms with Crippen molar-refractivity contribution in [1.29, 1.82) is 0 Å². The van der Waals surface area contributed by atoms with Gasteiger partial charge in [-0.25, -0.2) is 4.68 Å². The van der Waals surface area contributed by atoms with Gasteiger partial charge in [-0.05, 0) is 18.2 Å². The third-order valence-corrected chi connectivity index (χ3v) is 4.87. The molecule has 1 N–H and O–H groups in total. The third-order valence-electron chi connectivity index (χ3n) is 4.87. The highest BCUT2D eigenvalue weighted by atomic mass is 16.5. The molecule has 1 fully saturated rings. The molecule has 1 aliphatic heterocycles. The molecule has 144 valence electrons. The molecule has 0 radical (unpaired) electrons. The summed E-state index contributed by atoms with van der Waals surface area (Å²) >= 11 is 0. The Bertz CT molecular complexity index is 1040. The highest BCUT2D eigenvalue weighted by molar-refractivity contribution is 5.99. The summed E-state index contributed by atoms with van der Waals surface area (Å²) in [4.78, 5) is 27.4. The summed E-state index contributed by atoms with van der Waals surface area (Å²) in [5, 5.41) is 8.54. The summed E-state index contributed by atoms with van der Waals surface area (Å²) in [6, 6.07) is 14.9. The Hall–Kier alpha value is -3.19. The number of para-hydroxylation sites is 1. The number of rotatable bonds is 5. The Balaban J connectivity index is 1.44. The van der Waals surface area contributed by atoms with Crippen LogP contribution in [0.5, 0.6) is 0 Å². The maximum absolute atomic E-state index is 12.7. The Morgan fingerprint density at radius 3 is 2.68 bits per heavy atom. The van der Waals surface area contributed by atoms with Crippen LogP contribution in [0, 0.1) is 0 Å². The quantitative estimate of drug-likeness (QED) is 0.731. The third kappa shape index (κ3) is 3.75. The molecular formula is C21H22N4O3. The summed E-state index contributed by atoms with van der Waals surface area (Å²) in [7, 11) is 0. The molecule has 1 saturated heterocycles. The standard InChI is InChI=1S/C21H22N4O3/c26-20(18-7-3-4-8-19(18)24-11-13-28-14-12-24)22-9-10-25-21(27)17-6-2-1-5-16(17)15-23-25/h1-8,15H,9-14H2,(H,22,26). The Morgan fingerprint density at radius 2 is 1.82 bits per heavy atom. The monoisotopic (exact) mass is 378 g/mol. The van der Waals surface area contributed by atoms with Crippen molar-refractivity contribution >= 4 is 22.4 Å². The number of morpholine rings is 1. The molecule has 3 aromatic rings. The lowest BCUT2D eigenvalue weighted by Crippen LogP contribution is -2.38. The first-order valence-electron chi connectivity index (χ1n) is 9.39. The first-order chi connectivity index (χ1) is 13.7. The van der Waals surface area contributed by atoms with Crippen LogP contribution < -0.4 is 15.8 Å². The van der Waals surface area contributed by atoms with E-state index < -0.39 is 0 Å². The number of ether oxygens (including phenoxy) is 1. The molecule has 4 rings (SSSR count). The minimum absolute atomic E-state index is 0.152. The second kappa shape index (κ2) is 8.22. The zero-order valence-electron chi connectivity index (χ0n) is 15.5. The Morgan fingerprint density at radius 1 is 1.07 bits per heavy atom. The second-order valence-electron chi connectivity index (χ2n) is 6.63. The number of carbonyl (C=O) groups is 1. The summed E-state index contributed by atoms with van der Waals surface area (Å²) < 4.78 is 6.78. The molecule has 7 nitrogen and oxygen atoms in total. The smallest absolute Gasteiger partial charge is 0.274 e. The minimum Gasteiger partial charge on any atom is -0.378 e. The van der Waals surface area contributed by atoms with Crippen LogP contribution in [0.15, 0.2) is 59.5 Å². The summed E-state index contributed by atoms with van der Waals surface area (Å²) in [5.41, 5.74) is 1.38. The van der Waals surface area contributed by atoms with Crippen LogP contribution in [0.1, 0.15) is 10.4 Å². The van der Waals surface area contributed by atoms with Crippen LogP contribution in [0.3, 0.4) is 0 Å². The van der Waals surface area contributed by atoms with Crippen LogP contribution in [0.2, 0.25) is 0 Å². The van der Waals surface area contributed by atoms with Crippen molar-refractivity contribution < 1.29 is 9.53 Å². The van der Waals surface area contributed by atoms with Crippen molar-refractivity contribution in [3.05, 3.63) is 70.6 Å². The predicted octanol–water partition coefficient (Wildman–Crippen LogP) is 1.66. The van der Waals surface area contributed by atoms with E-state index in [2.05, 4.69) is 15.3 Å². The van der Waals surface area contributed by atoms with Gasteiger partial charge in [0.2, 0.25) is 0 Å². The number of hydrogen-bond donors (Lipinski definition) is 1. The van der Waals surface area contributed by atoms with Gasteiger partial charge >= 0.3 is 0 Å². The van der Waals surface area contributed by atoms with Crippen molar-refractivity contribution in [1.82, 2.24) is 15.1 Å². The lowest BCUT2D eigenvalue weighted by molar-refractivity contribution is 0.0950. The number of nitrogens with zero attached hydrogens (tertiary/aromatic N) is 3. The fourth-order valence-corrected chi connectivity index (χ4v) is 3.40. The van der Waals surface area contributed by atoms with Crippen LogP contribution in [-0.4, -0.2) is 48.5 Å². The first-order valence-corrected chi connectivity index (χ1v) is 9.39. The van der Waals surface area contributed by atoms with Crippen LogP contribution in [-0.2, 0) is 11.3 Å². The maximum Gasteiger partial charge on any atom is 0.274 e. The van der Waals surface area contributed by atoms with Gasteiger partial charge in [0.15, 0.2) is 0 Å². The summed E-state index contributed by atoms with van der Waals surface area (Å²) in [6.07, 6.45) is 1.67. The first kappa shape index (κ1) is 18.2. The zero-order valence-corrected chi connectivity index (χ0v) is 15.5. The number of fused-ring (bicyclic) bond motifs is 1. The average Bonchev–Trinajstić information content (AvgIpc) is 2.76. The van der Waals surface area contributed by atoms with Gasteiger partial charge in [-0.1, -0.05) is 30.3 Å². The predicted molar refractivity (Wildman–Crippen MR) is 108 cm³/mol. The lowest BCUT2D eigenvalue weighted by atomic mass is 10.1. The number of anilines is 1. The number of benzene rings is 2. The van der Waals surface area contributed by atoms with E-state index in [1.807, 2.05) is 42.5 Å². The lowest BCUT2D eigenvalue weighted by Gasteiger charge is -2.30. The maximum atomic E-state index is 12.7. The minimum atomic E-state index is -0.157. The molecule has 2 heterocycles. The fraction of sp³-hybridized carbons (Fsp3) is 0.286. The van der Waals surface area contributed by atoms with Gasteiger partial charge in [-0.2, -0.15) is 5.10 Å². The van der Waals surface area contributed by atoms with Gasteiger partial charge in [-0.3, -0.25) is 9.59 Å². The van der Waals surface area contributed by atoms with E-state index >= 15 is 0 Å². The van der Waals surface area contributed by atoms with Crippen LogP contribution in [0.25, 0.3) is 10.8 Å². The second-order valence-corrected chi connectivity index (χ2v) is 6.63. The van der Waals surface area contributed by atoms with E-state index in [1.54, 1.807) is 12.3 Å². The van der Waals surface area contributed by atoms with Crippen LogP contribution in [0.4, 0.5) is 5.69 Å². The molecule has 1 aliphatic rings. The fourth-order valence-electron chi connectivity index (χ4n) is 3.40. The Kier molecular flexibility index (Phi) is 5.34. The van der Waals surface area contributed by atoms with Crippen molar-refractivity contribution in [3.63, 3.8) is 0 Å². The normalized spacial score (nSPS) is 14.2. The van der Waals surface area contributed by atoms with Gasteiger partial charge in [0.25, 0.3) is 11.5 Å². The van der Waals surface area contributed by atoms with Gasteiger partial charge < -0.3 is 15.0 Å². The molecule has 0 saturated carbocycles. The highest BCUT2D eigenvalue weighted by Gasteiger charge is 2.18. The molecule has 0 bridgehead atoms. The molecule has 28 heavy (non-hydrogen) atoms. The number of aromatic nitrogens is 2. The van der Waals surface area contributed by atoms with Crippen molar-refractivity contribution in [2.45, 2.75) is 6.54 Å². The number of nitrogens with one attached hydrogen (secondary N) is 1. The van der Waals surface area contributed by atoms with Gasteiger partial charge in [-0.15, -0.1) is 0 Å². The average molecular weight is 378 g/mol. The van der Waals surface area contributed by atoms with Gasteiger partial charge in [0.05, 0.1) is 36.9 Å². The van der Waals surface area contributed by atoms with E-state index in [9.17, 15) is 9.59 Å². The topological polar surface area (TPSA) is 76.5 Å². The largest absolute Gasteiger partial charge is 0.378 e. The van der Waals surface area contributed by atoms with E-state index in [0.717, 1.165) is 24.2 Å². The van der Waals surface area contributed by atoms with Crippen molar-refractivity contribution in [2.75, 3.05) is 37.7 Å². The Labute approximate surface area is 162 Å². The van der Waals surface area contributed by atoms with E-state index in [0.29, 0.717) is 37.3 Å². The number of amides is 1. The summed E-state index contributed by atoms with van der Waals surface area (Å²) in [6.45, 7) is 3.48. The number of hydrogen-bond acceptors (Lipinski definition) is 5. The molecular weight excluding hydrogens is 356 g/mol. The van der Waals surface area contributed by atoms with Gasteiger partial charge in [0.1, 0.15) is 0 Å². The zero-order chi connectivity index (χ0) is 19.3.